The van der Waals surface area contributed by atoms with Gasteiger partial charge < -0.3 is 16.6 Å². The van der Waals surface area contributed by atoms with E-state index in [0.29, 0.717) is 16.9 Å². The molecule has 100 valence electrons. The third kappa shape index (κ3) is 1.79. The van der Waals surface area contributed by atoms with Crippen molar-refractivity contribution >= 4 is 23.0 Å². The number of rotatable bonds is 2. The van der Waals surface area contributed by atoms with Gasteiger partial charge in [0.15, 0.2) is 11.2 Å². The first kappa shape index (κ1) is 11.9. The van der Waals surface area contributed by atoms with E-state index in [9.17, 15) is 9.90 Å². The SMILES string of the molecule is NC(=O)c1ccc(-n2cnc3c(O)nc(N)nc32)cc1. The number of imidazole rings is 1. The Labute approximate surface area is 112 Å². The van der Waals surface area contributed by atoms with Crippen LogP contribution in [0.2, 0.25) is 0 Å². The van der Waals surface area contributed by atoms with Crippen molar-refractivity contribution in [2.45, 2.75) is 0 Å². The summed E-state index contributed by atoms with van der Waals surface area (Å²) in [5, 5.41) is 9.66. The van der Waals surface area contributed by atoms with Crippen LogP contribution in [0.15, 0.2) is 30.6 Å². The molecule has 0 aliphatic heterocycles. The summed E-state index contributed by atoms with van der Waals surface area (Å²) in [7, 11) is 0. The Hall–Kier alpha value is -3.16. The highest BCUT2D eigenvalue weighted by Crippen LogP contribution is 2.23. The number of amides is 1. The van der Waals surface area contributed by atoms with Gasteiger partial charge in [-0.05, 0) is 24.3 Å². The van der Waals surface area contributed by atoms with Crippen molar-refractivity contribution < 1.29 is 9.90 Å². The highest BCUT2D eigenvalue weighted by Gasteiger charge is 2.12. The van der Waals surface area contributed by atoms with E-state index in [1.807, 2.05) is 0 Å². The fraction of sp³-hybridized carbons (Fsp3) is 0. The summed E-state index contributed by atoms with van der Waals surface area (Å²) in [6.45, 7) is 0. The number of nitrogen functional groups attached to an aromatic ring is 1. The minimum absolute atomic E-state index is 0.0505. The number of benzene rings is 1. The van der Waals surface area contributed by atoms with Crippen LogP contribution in [0.3, 0.4) is 0 Å². The zero-order valence-electron chi connectivity index (χ0n) is 10.2. The maximum absolute atomic E-state index is 11.0. The normalized spacial score (nSPS) is 10.8. The summed E-state index contributed by atoms with van der Waals surface area (Å²) in [6.07, 6.45) is 1.48. The standard InChI is InChI=1S/C12H10N6O2/c13-9(19)6-1-3-7(4-2-6)18-5-15-8-10(18)16-12(14)17-11(8)20/h1-5H,(H2,13,19)(H3,14,16,17,20). The molecule has 0 saturated heterocycles. The van der Waals surface area contributed by atoms with Gasteiger partial charge in [0.05, 0.1) is 0 Å². The van der Waals surface area contributed by atoms with Gasteiger partial charge in [0.1, 0.15) is 6.33 Å². The Balaban J connectivity index is 2.17. The van der Waals surface area contributed by atoms with Crippen molar-refractivity contribution in [3.8, 4) is 11.6 Å². The van der Waals surface area contributed by atoms with Crippen LogP contribution >= 0.6 is 0 Å². The fourth-order valence-electron chi connectivity index (χ4n) is 1.88. The number of carbonyl (C=O) groups excluding carboxylic acids is 1. The second-order valence-corrected chi connectivity index (χ2v) is 4.10. The van der Waals surface area contributed by atoms with E-state index in [4.69, 9.17) is 11.5 Å². The number of aromatic nitrogens is 4. The Morgan fingerprint density at radius 2 is 1.90 bits per heavy atom. The van der Waals surface area contributed by atoms with Gasteiger partial charge in [-0.1, -0.05) is 0 Å². The van der Waals surface area contributed by atoms with Crippen LogP contribution in [-0.4, -0.2) is 30.5 Å². The Morgan fingerprint density at radius 3 is 2.55 bits per heavy atom. The van der Waals surface area contributed by atoms with E-state index < -0.39 is 5.91 Å². The Bertz CT molecular complexity index is 809. The first-order valence-corrected chi connectivity index (χ1v) is 5.66. The van der Waals surface area contributed by atoms with Gasteiger partial charge >= 0.3 is 0 Å². The van der Waals surface area contributed by atoms with Gasteiger partial charge in [-0.25, -0.2) is 4.98 Å². The van der Waals surface area contributed by atoms with E-state index in [1.165, 1.54) is 6.33 Å². The van der Waals surface area contributed by atoms with Crippen LogP contribution in [0, 0.1) is 0 Å². The molecule has 0 spiro atoms. The van der Waals surface area contributed by atoms with Crippen LogP contribution < -0.4 is 11.5 Å². The molecular formula is C12H10N6O2. The lowest BCUT2D eigenvalue weighted by atomic mass is 10.2. The smallest absolute Gasteiger partial charge is 0.248 e. The molecular weight excluding hydrogens is 260 g/mol. The van der Waals surface area contributed by atoms with Gasteiger partial charge in [-0.15, -0.1) is 0 Å². The molecule has 0 unspecified atom stereocenters. The topological polar surface area (TPSA) is 133 Å². The zero-order chi connectivity index (χ0) is 14.3. The monoisotopic (exact) mass is 270 g/mol. The molecule has 1 aromatic carbocycles. The molecule has 0 radical (unpaired) electrons. The van der Waals surface area contributed by atoms with E-state index in [-0.39, 0.29) is 17.3 Å². The fourth-order valence-corrected chi connectivity index (χ4v) is 1.88. The summed E-state index contributed by atoms with van der Waals surface area (Å²) in [5.74, 6) is -0.832. The minimum Gasteiger partial charge on any atom is -0.492 e. The maximum Gasteiger partial charge on any atom is 0.248 e. The van der Waals surface area contributed by atoms with Crippen LogP contribution in [-0.2, 0) is 0 Å². The largest absolute Gasteiger partial charge is 0.492 e. The van der Waals surface area contributed by atoms with Gasteiger partial charge in [0, 0.05) is 11.3 Å². The Morgan fingerprint density at radius 1 is 1.20 bits per heavy atom. The number of hydrogen-bond acceptors (Lipinski definition) is 6. The molecule has 0 bridgehead atoms. The molecule has 8 heteroatoms. The van der Waals surface area contributed by atoms with Crippen LogP contribution in [0.5, 0.6) is 5.88 Å². The molecule has 0 atom stereocenters. The third-order valence-electron chi connectivity index (χ3n) is 2.82. The molecule has 20 heavy (non-hydrogen) atoms. The summed E-state index contributed by atoms with van der Waals surface area (Å²) in [6, 6.07) is 6.56. The van der Waals surface area contributed by atoms with Gasteiger partial charge in [0.25, 0.3) is 0 Å². The quantitative estimate of drug-likeness (QED) is 0.609. The second kappa shape index (κ2) is 4.19. The van der Waals surface area contributed by atoms with Crippen LogP contribution in [0.1, 0.15) is 10.4 Å². The van der Waals surface area contributed by atoms with Gasteiger partial charge in [-0.2, -0.15) is 9.97 Å². The first-order chi connectivity index (χ1) is 9.56. The van der Waals surface area contributed by atoms with Gasteiger partial charge in [-0.3, -0.25) is 9.36 Å². The molecule has 0 aliphatic carbocycles. The average molecular weight is 270 g/mol. The molecule has 0 aliphatic rings. The molecule has 8 nitrogen and oxygen atoms in total. The summed E-state index contributed by atoms with van der Waals surface area (Å²) in [4.78, 5) is 22.7. The molecule has 3 rings (SSSR count). The molecule has 2 heterocycles. The lowest BCUT2D eigenvalue weighted by Crippen LogP contribution is -2.10. The van der Waals surface area contributed by atoms with Crippen LogP contribution in [0.4, 0.5) is 5.95 Å². The molecule has 3 aromatic rings. The Kier molecular flexibility index (Phi) is 2.50. The van der Waals surface area contributed by atoms with Crippen molar-refractivity contribution in [3.63, 3.8) is 0 Å². The minimum atomic E-state index is -0.503. The van der Waals surface area contributed by atoms with Crippen molar-refractivity contribution in [1.29, 1.82) is 0 Å². The number of fused-ring (bicyclic) bond motifs is 1. The number of nitrogens with zero attached hydrogens (tertiary/aromatic N) is 4. The number of anilines is 1. The highest BCUT2D eigenvalue weighted by molar-refractivity contribution is 5.93. The molecule has 0 fully saturated rings. The summed E-state index contributed by atoms with van der Waals surface area (Å²) >= 11 is 0. The number of primary amides is 1. The maximum atomic E-state index is 11.0. The lowest BCUT2D eigenvalue weighted by Gasteiger charge is -2.04. The van der Waals surface area contributed by atoms with E-state index in [2.05, 4.69) is 15.0 Å². The molecule has 0 saturated carbocycles. The molecule has 1 amide bonds. The zero-order valence-corrected chi connectivity index (χ0v) is 10.2. The van der Waals surface area contributed by atoms with Crippen molar-refractivity contribution in [3.05, 3.63) is 36.2 Å². The van der Waals surface area contributed by atoms with Crippen molar-refractivity contribution in [2.75, 3.05) is 5.73 Å². The van der Waals surface area contributed by atoms with E-state index in [1.54, 1.807) is 28.8 Å². The van der Waals surface area contributed by atoms with Crippen LogP contribution in [0.25, 0.3) is 16.9 Å². The molecule has 5 N–H and O–H groups in total. The third-order valence-corrected chi connectivity index (χ3v) is 2.82. The average Bonchev–Trinajstić information content (AvgIpc) is 2.82. The highest BCUT2D eigenvalue weighted by atomic mass is 16.3. The number of aromatic hydroxyl groups is 1. The summed E-state index contributed by atoms with van der Waals surface area (Å²) < 4.78 is 1.62. The van der Waals surface area contributed by atoms with Crippen molar-refractivity contribution in [2.24, 2.45) is 5.73 Å². The molecule has 2 aromatic heterocycles. The number of hydrogen-bond donors (Lipinski definition) is 3. The van der Waals surface area contributed by atoms with Crippen molar-refractivity contribution in [1.82, 2.24) is 19.5 Å². The predicted molar refractivity (Wildman–Crippen MR) is 71.3 cm³/mol. The summed E-state index contributed by atoms with van der Waals surface area (Å²) in [5.41, 5.74) is 12.4. The predicted octanol–water partition coefficient (Wildman–Crippen LogP) is 0.202. The van der Waals surface area contributed by atoms with E-state index >= 15 is 0 Å². The van der Waals surface area contributed by atoms with E-state index in [0.717, 1.165) is 0 Å². The van der Waals surface area contributed by atoms with Gasteiger partial charge in [0.2, 0.25) is 17.7 Å². The number of nitrogens with two attached hydrogens (primary N) is 2. The second-order valence-electron chi connectivity index (χ2n) is 4.10. The number of carbonyl (C=O) groups is 1. The lowest BCUT2D eigenvalue weighted by molar-refractivity contribution is 0.100. The first-order valence-electron chi connectivity index (χ1n) is 5.66.